The van der Waals surface area contributed by atoms with Crippen LogP contribution in [0.3, 0.4) is 0 Å². The minimum absolute atomic E-state index is 0.208. The lowest BCUT2D eigenvalue weighted by molar-refractivity contribution is 0.0383. The number of nitrogens with zero attached hydrogens (tertiary/aromatic N) is 5. The van der Waals surface area contributed by atoms with E-state index in [0.717, 1.165) is 61.6 Å². The Hall–Kier alpha value is -2.10. The van der Waals surface area contributed by atoms with Crippen LogP contribution in [-0.2, 0) is 17.6 Å². The number of nitrogens with one attached hydrogen (secondary N) is 1. The van der Waals surface area contributed by atoms with Crippen molar-refractivity contribution in [3.63, 3.8) is 0 Å². The highest BCUT2D eigenvalue weighted by Gasteiger charge is 2.24. The van der Waals surface area contributed by atoms with Crippen LogP contribution in [0.25, 0.3) is 15.9 Å². The third kappa shape index (κ3) is 3.27. The van der Waals surface area contributed by atoms with E-state index in [1.165, 1.54) is 16.9 Å². The fraction of sp³-hybridized carbons (Fsp3) is 0.579. The van der Waals surface area contributed by atoms with Gasteiger partial charge in [-0.1, -0.05) is 6.92 Å². The van der Waals surface area contributed by atoms with Gasteiger partial charge in [-0.15, -0.1) is 16.4 Å². The van der Waals surface area contributed by atoms with Crippen LogP contribution in [0.15, 0.2) is 6.33 Å². The average molecular weight is 401 g/mol. The maximum Gasteiger partial charge on any atom is 0.291 e. The maximum absolute atomic E-state index is 12.6. The molecule has 9 heteroatoms. The minimum Gasteiger partial charge on any atom is -0.379 e. The van der Waals surface area contributed by atoms with E-state index in [0.29, 0.717) is 12.5 Å². The molecule has 1 amide bonds. The standard InChI is InChI=1S/C19H24N6O2S/c1-12-2-3-14-13(10-12)15-17-22-16(23-25(17)11-21-19(15)28-14)18(26)20-4-5-24-6-8-27-9-7-24/h11-12H,2-10H2,1H3,(H,20,26). The number of hydrogen-bond acceptors (Lipinski definition) is 7. The van der Waals surface area contributed by atoms with Gasteiger partial charge in [-0.3, -0.25) is 9.69 Å². The molecule has 1 fully saturated rings. The van der Waals surface area contributed by atoms with E-state index in [4.69, 9.17) is 4.74 Å². The number of carbonyl (C=O) groups is 1. The first-order valence-electron chi connectivity index (χ1n) is 9.93. The normalized spacial score (nSPS) is 20.5. The lowest BCUT2D eigenvalue weighted by Gasteiger charge is -2.26. The number of thiophene rings is 1. The molecule has 1 aliphatic carbocycles. The molecule has 0 radical (unpaired) electrons. The van der Waals surface area contributed by atoms with Crippen LogP contribution in [0.5, 0.6) is 0 Å². The number of ether oxygens (including phenoxy) is 1. The highest BCUT2D eigenvalue weighted by atomic mass is 32.1. The van der Waals surface area contributed by atoms with Crippen molar-refractivity contribution in [2.75, 3.05) is 39.4 Å². The first kappa shape index (κ1) is 18.0. The van der Waals surface area contributed by atoms with Gasteiger partial charge in [0.2, 0.25) is 5.82 Å². The first-order chi connectivity index (χ1) is 13.7. The zero-order valence-electron chi connectivity index (χ0n) is 16.0. The maximum atomic E-state index is 12.6. The number of hydrogen-bond donors (Lipinski definition) is 1. The predicted octanol–water partition coefficient (Wildman–Crippen LogP) is 1.53. The van der Waals surface area contributed by atoms with E-state index < -0.39 is 0 Å². The molecule has 0 saturated carbocycles. The Morgan fingerprint density at radius 1 is 1.39 bits per heavy atom. The number of fused-ring (bicyclic) bond motifs is 5. The molecule has 1 aliphatic heterocycles. The number of rotatable bonds is 4. The van der Waals surface area contributed by atoms with Gasteiger partial charge in [0.25, 0.3) is 5.91 Å². The summed E-state index contributed by atoms with van der Waals surface area (Å²) in [6.45, 7) is 7.01. The van der Waals surface area contributed by atoms with E-state index in [1.54, 1.807) is 22.2 Å². The number of carbonyl (C=O) groups excluding carboxylic acids is 1. The Labute approximate surface area is 166 Å². The van der Waals surface area contributed by atoms with Gasteiger partial charge in [0.05, 0.1) is 18.6 Å². The number of amides is 1. The molecular formula is C19H24N6O2S. The Kier molecular flexibility index (Phi) is 4.73. The van der Waals surface area contributed by atoms with Crippen molar-refractivity contribution >= 4 is 33.1 Å². The monoisotopic (exact) mass is 400 g/mol. The Bertz CT molecular complexity index is 1020. The topological polar surface area (TPSA) is 84.7 Å². The fourth-order valence-electron chi connectivity index (χ4n) is 4.07. The highest BCUT2D eigenvalue weighted by Crippen LogP contribution is 2.38. The molecule has 3 aromatic rings. The third-order valence-corrected chi connectivity index (χ3v) is 6.85. The molecule has 0 spiro atoms. The Morgan fingerprint density at radius 3 is 3.11 bits per heavy atom. The van der Waals surface area contributed by atoms with Crippen LogP contribution in [0, 0.1) is 5.92 Å². The molecule has 0 aromatic carbocycles. The zero-order valence-corrected chi connectivity index (χ0v) is 16.8. The van der Waals surface area contributed by atoms with Crippen LogP contribution in [0.2, 0.25) is 0 Å². The van der Waals surface area contributed by atoms with E-state index in [-0.39, 0.29) is 11.7 Å². The molecule has 5 rings (SSSR count). The van der Waals surface area contributed by atoms with E-state index >= 15 is 0 Å². The molecule has 1 saturated heterocycles. The second-order valence-corrected chi connectivity index (χ2v) is 8.77. The van der Waals surface area contributed by atoms with Crippen molar-refractivity contribution in [1.82, 2.24) is 29.8 Å². The SMILES string of the molecule is CC1CCc2sc3ncn4nc(C(=O)NCCN5CCOCC5)nc4c3c2C1. The summed E-state index contributed by atoms with van der Waals surface area (Å²) in [4.78, 5) is 26.4. The smallest absolute Gasteiger partial charge is 0.291 e. The van der Waals surface area contributed by atoms with Crippen LogP contribution in [-0.4, -0.2) is 69.8 Å². The van der Waals surface area contributed by atoms with Gasteiger partial charge in [-0.2, -0.15) is 0 Å². The van der Waals surface area contributed by atoms with Crippen molar-refractivity contribution in [1.29, 1.82) is 0 Å². The number of aromatic nitrogens is 4. The Morgan fingerprint density at radius 2 is 2.25 bits per heavy atom. The van der Waals surface area contributed by atoms with Crippen LogP contribution in [0.1, 0.15) is 34.4 Å². The summed E-state index contributed by atoms with van der Waals surface area (Å²) in [5.41, 5.74) is 2.10. The highest BCUT2D eigenvalue weighted by molar-refractivity contribution is 7.19. The first-order valence-corrected chi connectivity index (χ1v) is 10.7. The summed E-state index contributed by atoms with van der Waals surface area (Å²) in [6, 6.07) is 0. The Balaban J connectivity index is 1.37. The summed E-state index contributed by atoms with van der Waals surface area (Å²) in [5.74, 6) is 0.638. The average Bonchev–Trinajstić information content (AvgIpc) is 3.29. The van der Waals surface area contributed by atoms with Gasteiger partial charge in [-0.25, -0.2) is 14.5 Å². The molecule has 1 atom stereocenters. The number of aryl methyl sites for hydroxylation is 1. The second kappa shape index (κ2) is 7.38. The van der Waals surface area contributed by atoms with E-state index in [2.05, 4.69) is 32.2 Å². The van der Waals surface area contributed by atoms with Crippen LogP contribution in [0.4, 0.5) is 0 Å². The zero-order chi connectivity index (χ0) is 19.1. The molecule has 148 valence electrons. The largest absolute Gasteiger partial charge is 0.379 e. The molecule has 8 nitrogen and oxygen atoms in total. The summed E-state index contributed by atoms with van der Waals surface area (Å²) in [6.07, 6.45) is 5.04. The minimum atomic E-state index is -0.234. The summed E-state index contributed by atoms with van der Waals surface area (Å²) in [5, 5.41) is 8.40. The van der Waals surface area contributed by atoms with Crippen molar-refractivity contribution in [3.8, 4) is 0 Å². The van der Waals surface area contributed by atoms with Crippen molar-refractivity contribution in [2.24, 2.45) is 5.92 Å². The summed E-state index contributed by atoms with van der Waals surface area (Å²) < 4.78 is 6.99. The molecular weight excluding hydrogens is 376 g/mol. The molecule has 1 N–H and O–H groups in total. The molecule has 4 heterocycles. The fourth-order valence-corrected chi connectivity index (χ4v) is 5.25. The van der Waals surface area contributed by atoms with Gasteiger partial charge in [0.1, 0.15) is 11.2 Å². The molecule has 3 aromatic heterocycles. The molecule has 28 heavy (non-hydrogen) atoms. The predicted molar refractivity (Wildman–Crippen MR) is 107 cm³/mol. The van der Waals surface area contributed by atoms with Gasteiger partial charge in [0, 0.05) is 31.1 Å². The molecule has 1 unspecified atom stereocenters. The third-order valence-electron chi connectivity index (χ3n) is 5.65. The summed E-state index contributed by atoms with van der Waals surface area (Å²) >= 11 is 1.76. The van der Waals surface area contributed by atoms with Crippen molar-refractivity contribution in [2.45, 2.75) is 26.2 Å². The van der Waals surface area contributed by atoms with Crippen molar-refractivity contribution < 1.29 is 9.53 Å². The van der Waals surface area contributed by atoms with E-state index in [9.17, 15) is 4.79 Å². The van der Waals surface area contributed by atoms with Gasteiger partial charge in [-0.05, 0) is 30.7 Å². The lowest BCUT2D eigenvalue weighted by atomic mass is 9.89. The van der Waals surface area contributed by atoms with Gasteiger partial charge >= 0.3 is 0 Å². The molecule has 2 aliphatic rings. The van der Waals surface area contributed by atoms with Crippen LogP contribution >= 0.6 is 11.3 Å². The van der Waals surface area contributed by atoms with Crippen LogP contribution < -0.4 is 5.32 Å². The second-order valence-electron chi connectivity index (χ2n) is 7.69. The lowest BCUT2D eigenvalue weighted by Crippen LogP contribution is -2.41. The van der Waals surface area contributed by atoms with Crippen molar-refractivity contribution in [3.05, 3.63) is 22.6 Å². The van der Waals surface area contributed by atoms with E-state index in [1.807, 2.05) is 0 Å². The van der Waals surface area contributed by atoms with Gasteiger partial charge < -0.3 is 10.1 Å². The summed E-state index contributed by atoms with van der Waals surface area (Å²) in [7, 11) is 0. The van der Waals surface area contributed by atoms with Gasteiger partial charge in [0.15, 0.2) is 5.65 Å². The molecule has 0 bridgehead atoms. The number of morpholine rings is 1. The quantitative estimate of drug-likeness (QED) is 0.715.